The third kappa shape index (κ3) is 6.21. The molecule has 25 heavy (non-hydrogen) atoms. The van der Waals surface area contributed by atoms with Crippen LogP contribution in [0.4, 0.5) is 0 Å². The number of esters is 1. The van der Waals surface area contributed by atoms with E-state index in [1.807, 2.05) is 12.1 Å². The van der Waals surface area contributed by atoms with Crippen molar-refractivity contribution in [2.24, 2.45) is 11.7 Å². The summed E-state index contributed by atoms with van der Waals surface area (Å²) in [6.45, 7) is 9.90. The molecule has 0 bridgehead atoms. The molecule has 2 atom stereocenters. The lowest BCUT2D eigenvalue weighted by molar-refractivity contribution is -0.144. The number of carbonyl (C=O) groups is 3. The van der Waals surface area contributed by atoms with Gasteiger partial charge in [0.05, 0.1) is 13.0 Å². The summed E-state index contributed by atoms with van der Waals surface area (Å²) >= 11 is 0. The highest BCUT2D eigenvalue weighted by Crippen LogP contribution is 2.22. The number of nitrogens with one attached hydrogen (secondary N) is 1. The van der Waals surface area contributed by atoms with Crippen molar-refractivity contribution in [2.75, 3.05) is 6.61 Å². The predicted molar refractivity (Wildman–Crippen MR) is 96.0 cm³/mol. The van der Waals surface area contributed by atoms with Crippen LogP contribution in [-0.4, -0.2) is 30.4 Å². The molecule has 2 amide bonds. The van der Waals surface area contributed by atoms with Crippen LogP contribution in [0.25, 0.3) is 0 Å². The molecule has 1 aromatic carbocycles. The molecule has 0 saturated heterocycles. The molecule has 0 aromatic heterocycles. The fourth-order valence-electron chi connectivity index (χ4n) is 2.44. The van der Waals surface area contributed by atoms with Gasteiger partial charge in [-0.15, -0.1) is 0 Å². The first-order valence-corrected chi connectivity index (χ1v) is 8.42. The number of hydrogen-bond donors (Lipinski definition) is 2. The van der Waals surface area contributed by atoms with E-state index in [0.29, 0.717) is 5.56 Å². The van der Waals surface area contributed by atoms with Crippen molar-refractivity contribution in [3.8, 4) is 0 Å². The van der Waals surface area contributed by atoms with Gasteiger partial charge in [-0.25, -0.2) is 0 Å². The average Bonchev–Trinajstić information content (AvgIpc) is 2.51. The topological polar surface area (TPSA) is 98.5 Å². The molecule has 0 unspecified atom stereocenters. The third-order valence-corrected chi connectivity index (χ3v) is 3.97. The van der Waals surface area contributed by atoms with Gasteiger partial charge in [0.25, 0.3) is 5.91 Å². The molecule has 0 fully saturated rings. The predicted octanol–water partition coefficient (Wildman–Crippen LogP) is 2.16. The Hall–Kier alpha value is -2.37. The maximum atomic E-state index is 12.4. The van der Waals surface area contributed by atoms with Crippen molar-refractivity contribution in [1.29, 1.82) is 0 Å². The molecule has 6 heteroatoms. The van der Waals surface area contributed by atoms with Crippen LogP contribution in [0.1, 0.15) is 57.0 Å². The molecule has 3 N–H and O–H groups in total. The average molecular weight is 348 g/mol. The first-order valence-electron chi connectivity index (χ1n) is 8.42. The van der Waals surface area contributed by atoms with Crippen molar-refractivity contribution in [3.05, 3.63) is 35.4 Å². The van der Waals surface area contributed by atoms with Crippen LogP contribution >= 0.6 is 0 Å². The van der Waals surface area contributed by atoms with Gasteiger partial charge in [-0.05, 0) is 36.0 Å². The van der Waals surface area contributed by atoms with Crippen molar-refractivity contribution in [2.45, 2.75) is 52.5 Å². The largest absolute Gasteiger partial charge is 0.466 e. The van der Waals surface area contributed by atoms with Crippen molar-refractivity contribution < 1.29 is 19.1 Å². The van der Waals surface area contributed by atoms with Crippen LogP contribution in [0, 0.1) is 5.92 Å². The van der Waals surface area contributed by atoms with Gasteiger partial charge in [0.1, 0.15) is 6.04 Å². The Morgan fingerprint density at radius 3 is 2.16 bits per heavy atom. The molecule has 0 aliphatic rings. The summed E-state index contributed by atoms with van der Waals surface area (Å²) < 4.78 is 4.87. The number of ether oxygens (including phenoxy) is 1. The first kappa shape index (κ1) is 20.7. The SMILES string of the molecule is CCOC(=O)C[C@H](C)[C@@H](NC(=O)c1ccc(C(C)(C)C)cc1)C(N)=O. The summed E-state index contributed by atoms with van der Waals surface area (Å²) in [4.78, 5) is 35.7. The number of amides is 2. The van der Waals surface area contributed by atoms with E-state index in [-0.39, 0.29) is 18.4 Å². The lowest BCUT2D eigenvalue weighted by atomic mass is 9.86. The van der Waals surface area contributed by atoms with Crippen molar-refractivity contribution in [1.82, 2.24) is 5.32 Å². The Kier molecular flexibility index (Phi) is 7.15. The first-order chi connectivity index (χ1) is 11.6. The number of nitrogens with two attached hydrogens (primary N) is 1. The molecule has 6 nitrogen and oxygen atoms in total. The van der Waals surface area contributed by atoms with Gasteiger partial charge in [0, 0.05) is 5.56 Å². The molecule has 0 spiro atoms. The van der Waals surface area contributed by atoms with E-state index in [4.69, 9.17) is 10.5 Å². The molecule has 0 aliphatic heterocycles. The number of rotatable bonds is 7. The Bertz CT molecular complexity index is 617. The zero-order chi connectivity index (χ0) is 19.2. The molecular formula is C19H28N2O4. The minimum absolute atomic E-state index is 0.00465. The highest BCUT2D eigenvalue weighted by Gasteiger charge is 2.27. The molecule has 0 saturated carbocycles. The second kappa shape index (κ2) is 8.65. The van der Waals surface area contributed by atoms with Gasteiger partial charge in [0.2, 0.25) is 5.91 Å². The normalized spacial score (nSPS) is 13.6. The Morgan fingerprint density at radius 2 is 1.72 bits per heavy atom. The number of carbonyl (C=O) groups excluding carboxylic acids is 3. The zero-order valence-corrected chi connectivity index (χ0v) is 15.6. The van der Waals surface area contributed by atoms with Crippen LogP contribution in [-0.2, 0) is 19.7 Å². The third-order valence-electron chi connectivity index (χ3n) is 3.97. The van der Waals surface area contributed by atoms with E-state index in [9.17, 15) is 14.4 Å². The van der Waals surface area contributed by atoms with Gasteiger partial charge in [-0.1, -0.05) is 39.8 Å². The van der Waals surface area contributed by atoms with Crippen LogP contribution in [0.15, 0.2) is 24.3 Å². The zero-order valence-electron chi connectivity index (χ0n) is 15.6. The fourth-order valence-corrected chi connectivity index (χ4v) is 2.44. The number of primary amides is 1. The highest BCUT2D eigenvalue weighted by molar-refractivity contribution is 5.97. The van der Waals surface area contributed by atoms with E-state index in [1.165, 1.54) is 0 Å². The van der Waals surface area contributed by atoms with E-state index in [2.05, 4.69) is 26.1 Å². The van der Waals surface area contributed by atoms with Crippen LogP contribution in [0.2, 0.25) is 0 Å². The lowest BCUT2D eigenvalue weighted by Crippen LogP contribution is -2.49. The quantitative estimate of drug-likeness (QED) is 0.738. The maximum absolute atomic E-state index is 12.4. The standard InChI is InChI=1S/C19H28N2O4/c1-6-25-15(22)11-12(2)16(17(20)23)21-18(24)13-7-9-14(10-8-13)19(3,4)5/h7-10,12,16H,6,11H2,1-5H3,(H2,20,23)(H,21,24)/t12-,16+/m0/s1. The number of hydrogen-bond acceptors (Lipinski definition) is 4. The fraction of sp³-hybridized carbons (Fsp3) is 0.526. The second-order valence-corrected chi connectivity index (χ2v) is 7.17. The van der Waals surface area contributed by atoms with E-state index >= 15 is 0 Å². The highest BCUT2D eigenvalue weighted by atomic mass is 16.5. The minimum Gasteiger partial charge on any atom is -0.466 e. The van der Waals surface area contributed by atoms with Crippen molar-refractivity contribution in [3.63, 3.8) is 0 Å². The molecule has 0 heterocycles. The molecule has 138 valence electrons. The van der Waals surface area contributed by atoms with E-state index in [0.717, 1.165) is 5.56 Å². The van der Waals surface area contributed by atoms with Gasteiger partial charge in [-0.2, -0.15) is 0 Å². The monoisotopic (exact) mass is 348 g/mol. The Labute approximate surface area is 149 Å². The van der Waals surface area contributed by atoms with Gasteiger partial charge in [-0.3, -0.25) is 14.4 Å². The summed E-state index contributed by atoms with van der Waals surface area (Å²) in [5, 5.41) is 2.62. The molecule has 1 aromatic rings. The molecule has 1 rings (SSSR count). The molecule has 0 aliphatic carbocycles. The molecule has 0 radical (unpaired) electrons. The van der Waals surface area contributed by atoms with Gasteiger partial charge >= 0.3 is 5.97 Å². The van der Waals surface area contributed by atoms with Crippen LogP contribution in [0.5, 0.6) is 0 Å². The Balaban J connectivity index is 2.82. The van der Waals surface area contributed by atoms with Gasteiger partial charge in [0.15, 0.2) is 0 Å². The van der Waals surface area contributed by atoms with Crippen LogP contribution in [0.3, 0.4) is 0 Å². The summed E-state index contributed by atoms with van der Waals surface area (Å²) in [5.41, 5.74) is 6.91. The molecular weight excluding hydrogens is 320 g/mol. The minimum atomic E-state index is -0.945. The van der Waals surface area contributed by atoms with Gasteiger partial charge < -0.3 is 15.8 Å². The summed E-state index contributed by atoms with van der Waals surface area (Å²) in [6.07, 6.45) is 0.00465. The van der Waals surface area contributed by atoms with E-state index < -0.39 is 29.7 Å². The smallest absolute Gasteiger partial charge is 0.306 e. The Morgan fingerprint density at radius 1 is 1.16 bits per heavy atom. The second-order valence-electron chi connectivity index (χ2n) is 7.17. The summed E-state index contributed by atoms with van der Waals surface area (Å²) in [6, 6.07) is 6.25. The van der Waals surface area contributed by atoms with Crippen LogP contribution < -0.4 is 11.1 Å². The maximum Gasteiger partial charge on any atom is 0.306 e. The van der Waals surface area contributed by atoms with Crippen molar-refractivity contribution >= 4 is 17.8 Å². The van der Waals surface area contributed by atoms with E-state index in [1.54, 1.807) is 26.0 Å². The number of benzene rings is 1. The summed E-state index contributed by atoms with van der Waals surface area (Å²) in [5.74, 6) is -1.98. The lowest BCUT2D eigenvalue weighted by Gasteiger charge is -2.22. The summed E-state index contributed by atoms with van der Waals surface area (Å²) in [7, 11) is 0.